The van der Waals surface area contributed by atoms with Crippen LogP contribution in [0.4, 0.5) is 4.79 Å². The maximum atomic E-state index is 14.3. The smallest absolute Gasteiger partial charge is 0.408 e. The third kappa shape index (κ3) is 9.88. The number of benzene rings is 2. The van der Waals surface area contributed by atoms with Gasteiger partial charge in [-0.3, -0.25) is 4.79 Å². The Morgan fingerprint density at radius 1 is 1.05 bits per heavy atom. The van der Waals surface area contributed by atoms with E-state index in [1.54, 1.807) is 37.4 Å². The predicted molar refractivity (Wildman–Crippen MR) is 179 cm³/mol. The Bertz CT molecular complexity index is 1230. The van der Waals surface area contributed by atoms with E-state index in [2.05, 4.69) is 55.2 Å². The van der Waals surface area contributed by atoms with Crippen LogP contribution in [0.3, 0.4) is 0 Å². The molecule has 0 saturated carbocycles. The molecule has 8 heteroatoms. The summed E-state index contributed by atoms with van der Waals surface area (Å²) in [6.07, 6.45) is 7.70. The van der Waals surface area contributed by atoms with Crippen LogP contribution in [0.5, 0.6) is 0 Å². The summed E-state index contributed by atoms with van der Waals surface area (Å²) in [7, 11) is 1.36. The van der Waals surface area contributed by atoms with Crippen LogP contribution in [-0.4, -0.2) is 60.0 Å². The first-order valence-electron chi connectivity index (χ1n) is 15.8. The van der Waals surface area contributed by atoms with Gasteiger partial charge in [0.05, 0.1) is 11.9 Å². The van der Waals surface area contributed by atoms with Crippen molar-refractivity contribution in [1.82, 2.24) is 10.2 Å². The molecule has 1 saturated heterocycles. The van der Waals surface area contributed by atoms with E-state index in [-0.39, 0.29) is 5.91 Å². The van der Waals surface area contributed by atoms with Gasteiger partial charge < -0.3 is 19.7 Å². The Kier molecular flexibility index (Phi) is 13.4. The van der Waals surface area contributed by atoms with Crippen LogP contribution in [0.1, 0.15) is 84.6 Å². The van der Waals surface area contributed by atoms with Crippen molar-refractivity contribution >= 4 is 29.7 Å². The molecular formula is C36H50N2O5S. The normalized spacial score (nSPS) is 18.8. The molecule has 44 heavy (non-hydrogen) atoms. The van der Waals surface area contributed by atoms with Crippen molar-refractivity contribution in [2.45, 2.75) is 101 Å². The van der Waals surface area contributed by atoms with Gasteiger partial charge in [0.1, 0.15) is 17.7 Å². The van der Waals surface area contributed by atoms with E-state index in [9.17, 15) is 14.4 Å². The van der Waals surface area contributed by atoms with Gasteiger partial charge in [-0.15, -0.1) is 18.3 Å². The van der Waals surface area contributed by atoms with Gasteiger partial charge in [0.15, 0.2) is 0 Å². The summed E-state index contributed by atoms with van der Waals surface area (Å²) < 4.78 is 10.2. The van der Waals surface area contributed by atoms with Crippen molar-refractivity contribution < 1.29 is 23.9 Å². The summed E-state index contributed by atoms with van der Waals surface area (Å²) in [6, 6.07) is 17.1. The fraction of sp³-hybridized carbons (Fsp3) is 0.528. The zero-order valence-corrected chi connectivity index (χ0v) is 27.9. The Morgan fingerprint density at radius 3 is 2.34 bits per heavy atom. The number of carbonyl (C=O) groups excluding carboxylic acids is 3. The highest BCUT2D eigenvalue weighted by Gasteiger charge is 2.51. The number of methoxy groups -OCH3 is 1. The number of thioether (sulfide) groups is 1. The average Bonchev–Trinajstić information content (AvgIpc) is 3.40. The SMILES string of the molecule is C=CCCCCC[C@H](NC(=O)OC(C)(C)C)C(=O)N1CC(SCCCC)(c2ccc(-c3ccccc3)cc2)CC1C(=O)OC. The van der Waals surface area contributed by atoms with Crippen molar-refractivity contribution in [3.05, 3.63) is 72.8 Å². The lowest BCUT2D eigenvalue weighted by Crippen LogP contribution is -2.52. The zero-order valence-electron chi connectivity index (χ0n) is 27.1. The minimum atomic E-state index is -0.822. The summed E-state index contributed by atoms with van der Waals surface area (Å²) in [5.41, 5.74) is 2.60. The van der Waals surface area contributed by atoms with Gasteiger partial charge in [-0.05, 0) is 75.3 Å². The Balaban J connectivity index is 1.95. The van der Waals surface area contributed by atoms with Crippen molar-refractivity contribution in [2.24, 2.45) is 0 Å². The van der Waals surface area contributed by atoms with Gasteiger partial charge in [-0.25, -0.2) is 9.59 Å². The molecule has 0 aromatic heterocycles. The molecule has 1 aliphatic rings. The lowest BCUT2D eigenvalue weighted by Gasteiger charge is -2.31. The summed E-state index contributed by atoms with van der Waals surface area (Å²) >= 11 is 1.80. The second kappa shape index (κ2) is 16.7. The number of hydrogen-bond acceptors (Lipinski definition) is 6. The molecule has 240 valence electrons. The quantitative estimate of drug-likeness (QED) is 0.124. The molecule has 1 N–H and O–H groups in total. The number of nitrogens with one attached hydrogen (secondary N) is 1. The number of alkyl carbamates (subject to hydrolysis) is 1. The molecule has 3 atom stereocenters. The molecule has 2 aromatic carbocycles. The van der Waals surface area contributed by atoms with Crippen LogP contribution < -0.4 is 5.32 Å². The van der Waals surface area contributed by atoms with Crippen LogP contribution in [0.2, 0.25) is 0 Å². The number of unbranched alkanes of at least 4 members (excludes halogenated alkanes) is 4. The maximum Gasteiger partial charge on any atom is 0.408 e. The Labute approximate surface area is 268 Å². The van der Waals surface area contributed by atoms with Gasteiger partial charge in [-0.1, -0.05) is 86.9 Å². The molecule has 2 unspecified atom stereocenters. The third-order valence-corrected chi connectivity index (χ3v) is 9.44. The highest BCUT2D eigenvalue weighted by molar-refractivity contribution is 8.00. The second-order valence-corrected chi connectivity index (χ2v) is 14.0. The van der Waals surface area contributed by atoms with Gasteiger partial charge in [-0.2, -0.15) is 0 Å². The minimum absolute atomic E-state index is 0.283. The molecule has 1 heterocycles. The molecule has 1 aliphatic heterocycles. The third-order valence-electron chi connectivity index (χ3n) is 7.87. The first kappa shape index (κ1) is 35.2. The van der Waals surface area contributed by atoms with E-state index >= 15 is 0 Å². The summed E-state index contributed by atoms with van der Waals surface area (Å²) in [4.78, 5) is 42.0. The highest BCUT2D eigenvalue weighted by Crippen LogP contribution is 2.48. The highest BCUT2D eigenvalue weighted by atomic mass is 32.2. The molecule has 0 radical (unpaired) electrons. The number of allylic oxidation sites excluding steroid dienone is 1. The van der Waals surface area contributed by atoms with Crippen LogP contribution in [0.25, 0.3) is 11.1 Å². The lowest BCUT2D eigenvalue weighted by molar-refractivity contribution is -0.151. The lowest BCUT2D eigenvalue weighted by atomic mass is 9.93. The van der Waals surface area contributed by atoms with E-state index < -0.39 is 34.5 Å². The number of carbonyl (C=O) groups is 3. The molecule has 7 nitrogen and oxygen atoms in total. The number of rotatable bonds is 15. The van der Waals surface area contributed by atoms with Crippen LogP contribution >= 0.6 is 11.8 Å². The number of nitrogens with zero attached hydrogens (tertiary/aromatic N) is 1. The van der Waals surface area contributed by atoms with Crippen molar-refractivity contribution in [2.75, 3.05) is 19.4 Å². The first-order chi connectivity index (χ1) is 21.0. The molecule has 2 aromatic rings. The molecule has 2 amide bonds. The van der Waals surface area contributed by atoms with E-state index in [1.165, 1.54) is 7.11 Å². The van der Waals surface area contributed by atoms with Gasteiger partial charge in [0.2, 0.25) is 5.91 Å². The largest absolute Gasteiger partial charge is 0.467 e. The molecular weight excluding hydrogens is 572 g/mol. The summed E-state index contributed by atoms with van der Waals surface area (Å²) in [6.45, 7) is 11.7. The van der Waals surface area contributed by atoms with Gasteiger partial charge in [0, 0.05) is 6.54 Å². The van der Waals surface area contributed by atoms with Crippen LogP contribution in [-0.2, 0) is 23.8 Å². The van der Waals surface area contributed by atoms with Crippen LogP contribution in [0, 0.1) is 0 Å². The summed E-state index contributed by atoms with van der Waals surface area (Å²) in [5, 5.41) is 2.83. The Morgan fingerprint density at radius 2 is 1.73 bits per heavy atom. The van der Waals surface area contributed by atoms with Gasteiger partial charge in [0.25, 0.3) is 0 Å². The molecule has 3 rings (SSSR count). The Hall–Kier alpha value is -3.26. The summed E-state index contributed by atoms with van der Waals surface area (Å²) in [5.74, 6) is 0.170. The van der Waals surface area contributed by atoms with Crippen LogP contribution in [0.15, 0.2) is 67.3 Å². The van der Waals surface area contributed by atoms with Crippen molar-refractivity contribution in [3.8, 4) is 11.1 Å². The fourth-order valence-electron chi connectivity index (χ4n) is 5.58. The topological polar surface area (TPSA) is 84.9 Å². The van der Waals surface area contributed by atoms with Gasteiger partial charge >= 0.3 is 12.1 Å². The average molecular weight is 623 g/mol. The number of esters is 1. The second-order valence-electron chi connectivity index (χ2n) is 12.5. The first-order valence-corrected chi connectivity index (χ1v) is 16.8. The number of likely N-dealkylation sites (tertiary alicyclic amines) is 1. The standard InChI is InChI=1S/C36H50N2O5S/c1-7-9-11-12-16-19-30(37-34(41)43-35(3,4)5)32(39)38-26-36(44-24-10-8-2,25-31(38)33(40)42-6)29-22-20-28(21-23-29)27-17-14-13-15-18-27/h7,13-15,17-18,20-23,30-31H,1,8-12,16,19,24-26H2,2-6H3,(H,37,41)/t30-,31?,36?/m0/s1. The molecule has 0 aliphatic carbocycles. The molecule has 1 fully saturated rings. The van der Waals surface area contributed by atoms with E-state index in [0.29, 0.717) is 19.4 Å². The van der Waals surface area contributed by atoms with Crippen molar-refractivity contribution in [3.63, 3.8) is 0 Å². The maximum absolute atomic E-state index is 14.3. The molecule has 0 spiro atoms. The number of hydrogen-bond donors (Lipinski definition) is 1. The minimum Gasteiger partial charge on any atom is -0.467 e. The fourth-order valence-corrected chi connectivity index (χ4v) is 7.21. The monoisotopic (exact) mass is 622 g/mol. The number of ether oxygens (including phenoxy) is 2. The molecule has 0 bridgehead atoms. The van der Waals surface area contributed by atoms with E-state index in [4.69, 9.17) is 9.47 Å². The predicted octanol–water partition coefficient (Wildman–Crippen LogP) is 7.89. The van der Waals surface area contributed by atoms with E-state index in [0.717, 1.165) is 61.0 Å². The van der Waals surface area contributed by atoms with Crippen molar-refractivity contribution in [1.29, 1.82) is 0 Å². The number of amides is 2. The van der Waals surface area contributed by atoms with E-state index in [1.807, 2.05) is 24.3 Å². The zero-order chi connectivity index (χ0) is 32.2.